The van der Waals surface area contributed by atoms with Gasteiger partial charge in [-0.1, -0.05) is 12.1 Å². The summed E-state index contributed by atoms with van der Waals surface area (Å²) >= 11 is 0. The first-order valence-corrected chi connectivity index (χ1v) is 6.90. The van der Waals surface area contributed by atoms with Crippen molar-refractivity contribution < 1.29 is 23.1 Å². The Kier molecular flexibility index (Phi) is 7.22. The Hall–Kier alpha value is -2.24. The van der Waals surface area contributed by atoms with Gasteiger partial charge in [0, 0.05) is 5.56 Å². The predicted molar refractivity (Wildman–Crippen MR) is 78.1 cm³/mol. The average molecular weight is 311 g/mol. The molecule has 0 radical (unpaired) electrons. The molecule has 0 saturated carbocycles. The molecule has 1 aromatic rings. The lowest BCUT2D eigenvalue weighted by Crippen LogP contribution is -2.42. The van der Waals surface area contributed by atoms with E-state index in [0.29, 0.717) is 19.3 Å². The first-order valence-electron chi connectivity index (χ1n) is 6.90. The zero-order chi connectivity index (χ0) is 16.5. The van der Waals surface area contributed by atoms with Crippen LogP contribution in [0, 0.1) is 11.6 Å². The van der Waals surface area contributed by atoms with Crippen molar-refractivity contribution in [3.05, 3.63) is 48.1 Å². The van der Waals surface area contributed by atoms with E-state index in [0.717, 1.165) is 12.1 Å². The van der Waals surface area contributed by atoms with Crippen molar-refractivity contribution in [2.24, 2.45) is 0 Å². The summed E-state index contributed by atoms with van der Waals surface area (Å²) < 4.78 is 31.6. The molecular weight excluding hydrogens is 292 g/mol. The highest BCUT2D eigenvalue weighted by Crippen LogP contribution is 2.13. The predicted octanol–water partition coefficient (Wildman–Crippen LogP) is 2.52. The van der Waals surface area contributed by atoms with E-state index in [1.54, 1.807) is 6.08 Å². The Morgan fingerprint density at radius 1 is 1.36 bits per heavy atom. The van der Waals surface area contributed by atoms with Crippen LogP contribution in [0.1, 0.15) is 24.8 Å². The van der Waals surface area contributed by atoms with Crippen LogP contribution in [0.3, 0.4) is 0 Å². The molecule has 1 amide bonds. The quantitative estimate of drug-likeness (QED) is 0.456. The number of ether oxygens (including phenoxy) is 1. The summed E-state index contributed by atoms with van der Waals surface area (Å²) in [4.78, 5) is 23.5. The van der Waals surface area contributed by atoms with Crippen molar-refractivity contribution in [3.8, 4) is 0 Å². The molecule has 0 fully saturated rings. The molecule has 1 N–H and O–H groups in total. The first kappa shape index (κ1) is 17.8. The van der Waals surface area contributed by atoms with Crippen LogP contribution in [-0.4, -0.2) is 25.0 Å². The summed E-state index contributed by atoms with van der Waals surface area (Å²) in [5.41, 5.74) is -0.324. The van der Waals surface area contributed by atoms with Crippen LogP contribution < -0.4 is 5.32 Å². The third kappa shape index (κ3) is 5.27. The zero-order valence-electron chi connectivity index (χ0n) is 12.4. The van der Waals surface area contributed by atoms with Crippen molar-refractivity contribution in [2.75, 3.05) is 7.11 Å². The lowest BCUT2D eigenvalue weighted by atomic mass is 10.1. The molecule has 0 aliphatic heterocycles. The van der Waals surface area contributed by atoms with Gasteiger partial charge >= 0.3 is 5.97 Å². The molecule has 0 aromatic heterocycles. The number of halogens is 2. The highest BCUT2D eigenvalue weighted by molar-refractivity contribution is 5.85. The van der Waals surface area contributed by atoms with Crippen molar-refractivity contribution in [2.45, 2.75) is 31.7 Å². The zero-order valence-corrected chi connectivity index (χ0v) is 12.4. The highest BCUT2D eigenvalue weighted by Gasteiger charge is 2.22. The normalized spacial score (nSPS) is 11.6. The van der Waals surface area contributed by atoms with Gasteiger partial charge in [-0.25, -0.2) is 13.6 Å². The lowest BCUT2D eigenvalue weighted by Gasteiger charge is -2.16. The van der Waals surface area contributed by atoms with Gasteiger partial charge in [-0.15, -0.1) is 6.58 Å². The van der Waals surface area contributed by atoms with Crippen molar-refractivity contribution in [1.82, 2.24) is 5.32 Å². The Balaban J connectivity index is 2.70. The molecule has 0 heterocycles. The molecule has 4 nitrogen and oxygen atoms in total. The summed E-state index contributed by atoms with van der Waals surface area (Å²) in [6, 6.07) is 2.53. The van der Waals surface area contributed by atoms with Crippen molar-refractivity contribution in [3.63, 3.8) is 0 Å². The molecule has 0 aliphatic rings. The maximum Gasteiger partial charge on any atom is 0.328 e. The topological polar surface area (TPSA) is 55.4 Å². The Labute approximate surface area is 128 Å². The Bertz CT molecular complexity index is 526. The van der Waals surface area contributed by atoms with E-state index < -0.39 is 36.0 Å². The van der Waals surface area contributed by atoms with E-state index in [-0.39, 0.29) is 5.56 Å². The van der Waals surface area contributed by atoms with Gasteiger partial charge < -0.3 is 10.1 Å². The van der Waals surface area contributed by atoms with Crippen LogP contribution in [0.15, 0.2) is 30.9 Å². The third-order valence-electron chi connectivity index (χ3n) is 3.12. The second kappa shape index (κ2) is 8.92. The van der Waals surface area contributed by atoms with E-state index >= 15 is 0 Å². The molecule has 0 saturated heterocycles. The molecule has 1 atom stereocenters. The summed E-state index contributed by atoms with van der Waals surface area (Å²) in [7, 11) is 1.21. The SMILES string of the molecule is C=CCCC[C@@H](NC(=O)Cc1c(F)cccc1F)C(=O)OC. The number of hydrogen-bond donors (Lipinski definition) is 1. The number of allylic oxidation sites excluding steroid dienone is 1. The van der Waals surface area contributed by atoms with Crippen molar-refractivity contribution >= 4 is 11.9 Å². The maximum absolute atomic E-state index is 13.5. The smallest absolute Gasteiger partial charge is 0.328 e. The fourth-order valence-corrected chi connectivity index (χ4v) is 1.96. The lowest BCUT2D eigenvalue weighted by molar-refractivity contribution is -0.145. The van der Waals surface area contributed by atoms with E-state index in [4.69, 9.17) is 0 Å². The number of methoxy groups -OCH3 is 1. The molecule has 1 aromatic carbocycles. The van der Waals surface area contributed by atoms with Crippen molar-refractivity contribution in [1.29, 1.82) is 0 Å². The van der Waals surface area contributed by atoms with Gasteiger partial charge in [-0.2, -0.15) is 0 Å². The Morgan fingerprint density at radius 3 is 2.55 bits per heavy atom. The molecular formula is C16H19F2NO3. The number of carbonyl (C=O) groups excluding carboxylic acids is 2. The van der Waals surface area contributed by atoms with Crippen LogP contribution in [-0.2, 0) is 20.7 Å². The molecule has 1 rings (SSSR count). The number of benzene rings is 1. The van der Waals surface area contributed by atoms with Crippen LogP contribution in [0.2, 0.25) is 0 Å². The van der Waals surface area contributed by atoms with Gasteiger partial charge in [0.15, 0.2) is 0 Å². The summed E-state index contributed by atoms with van der Waals surface area (Å²) in [6.07, 6.45) is 2.91. The number of esters is 1. The number of rotatable bonds is 8. The second-order valence-electron chi connectivity index (χ2n) is 4.74. The van der Waals surface area contributed by atoms with E-state index in [1.807, 2.05) is 0 Å². The molecule has 0 aliphatic carbocycles. The summed E-state index contributed by atoms with van der Waals surface area (Å²) in [5.74, 6) is -2.82. The molecule has 0 unspecified atom stereocenters. The Morgan fingerprint density at radius 2 is 2.00 bits per heavy atom. The second-order valence-corrected chi connectivity index (χ2v) is 4.74. The number of unbranched alkanes of at least 4 members (excludes halogenated alkanes) is 1. The standard InChI is InChI=1S/C16H19F2NO3/c1-3-4-5-9-14(16(21)22-2)19-15(20)10-11-12(17)7-6-8-13(11)18/h3,6-8,14H,1,4-5,9-10H2,2H3,(H,19,20)/t14-/m1/s1. The minimum atomic E-state index is -0.840. The minimum absolute atomic E-state index is 0.324. The first-order chi connectivity index (χ1) is 10.5. The van der Waals surface area contributed by atoms with Crippen LogP contribution in [0.25, 0.3) is 0 Å². The van der Waals surface area contributed by atoms with Gasteiger partial charge in [0.1, 0.15) is 17.7 Å². The maximum atomic E-state index is 13.5. The van der Waals surface area contributed by atoms with Gasteiger partial charge in [0.05, 0.1) is 13.5 Å². The van der Waals surface area contributed by atoms with E-state index in [1.165, 1.54) is 13.2 Å². The van der Waals surface area contributed by atoms with Gasteiger partial charge in [0.25, 0.3) is 0 Å². The number of carbonyl (C=O) groups is 2. The fraction of sp³-hybridized carbons (Fsp3) is 0.375. The largest absolute Gasteiger partial charge is 0.467 e. The minimum Gasteiger partial charge on any atom is -0.467 e. The van der Waals surface area contributed by atoms with Gasteiger partial charge in [0.2, 0.25) is 5.91 Å². The summed E-state index contributed by atoms with van der Waals surface area (Å²) in [5, 5.41) is 2.45. The molecule has 22 heavy (non-hydrogen) atoms. The fourth-order valence-electron chi connectivity index (χ4n) is 1.96. The summed E-state index contributed by atoms with van der Waals surface area (Å²) in [6.45, 7) is 3.57. The monoisotopic (exact) mass is 311 g/mol. The van der Waals surface area contributed by atoms with Crippen LogP contribution >= 0.6 is 0 Å². The van der Waals surface area contributed by atoms with Gasteiger partial charge in [-0.3, -0.25) is 4.79 Å². The molecule has 6 heteroatoms. The number of amides is 1. The molecule has 120 valence electrons. The highest BCUT2D eigenvalue weighted by atomic mass is 19.1. The molecule has 0 spiro atoms. The molecule has 0 bridgehead atoms. The number of nitrogens with one attached hydrogen (secondary N) is 1. The average Bonchev–Trinajstić information content (AvgIpc) is 2.49. The third-order valence-corrected chi connectivity index (χ3v) is 3.12. The van der Waals surface area contributed by atoms with E-state index in [9.17, 15) is 18.4 Å². The van der Waals surface area contributed by atoms with Crippen LogP contribution in [0.4, 0.5) is 8.78 Å². The van der Waals surface area contributed by atoms with Crippen LogP contribution in [0.5, 0.6) is 0 Å². The van der Waals surface area contributed by atoms with Gasteiger partial charge in [-0.05, 0) is 31.4 Å². The van der Waals surface area contributed by atoms with E-state index in [2.05, 4.69) is 16.6 Å². The number of hydrogen-bond acceptors (Lipinski definition) is 3.